The predicted molar refractivity (Wildman–Crippen MR) is 94.7 cm³/mol. The van der Waals surface area contributed by atoms with E-state index < -0.39 is 0 Å². The SMILES string of the molecule is COc1ccc(CCNc2cc(N3CCC[C@@H]3CO)ncn2)cc1. The maximum absolute atomic E-state index is 9.46. The Labute approximate surface area is 142 Å². The van der Waals surface area contributed by atoms with Gasteiger partial charge in [-0.3, -0.25) is 0 Å². The third-order valence-corrected chi connectivity index (χ3v) is 4.41. The van der Waals surface area contributed by atoms with Crippen molar-refractivity contribution < 1.29 is 9.84 Å². The topological polar surface area (TPSA) is 70.5 Å². The molecule has 2 aromatic rings. The Balaban J connectivity index is 1.56. The molecule has 0 bridgehead atoms. The van der Waals surface area contributed by atoms with Crippen LogP contribution in [0, 0.1) is 0 Å². The number of hydrogen-bond acceptors (Lipinski definition) is 6. The van der Waals surface area contributed by atoms with E-state index in [4.69, 9.17) is 4.74 Å². The summed E-state index contributed by atoms with van der Waals surface area (Å²) in [5, 5.41) is 12.8. The summed E-state index contributed by atoms with van der Waals surface area (Å²) < 4.78 is 5.17. The van der Waals surface area contributed by atoms with E-state index in [1.807, 2.05) is 18.2 Å². The fourth-order valence-electron chi connectivity index (χ4n) is 3.06. The van der Waals surface area contributed by atoms with Crippen LogP contribution < -0.4 is 15.0 Å². The van der Waals surface area contributed by atoms with E-state index >= 15 is 0 Å². The number of methoxy groups -OCH3 is 1. The first kappa shape index (κ1) is 16.5. The standard InChI is InChI=1S/C18H24N4O2/c1-24-16-6-4-14(5-7-16)8-9-19-17-11-18(21-13-20-17)22-10-2-3-15(22)12-23/h4-7,11,13,15,23H,2-3,8-10,12H2,1H3,(H,19,20,21)/t15-/m1/s1. The molecule has 1 fully saturated rings. The van der Waals surface area contributed by atoms with Crippen molar-refractivity contribution >= 4 is 11.6 Å². The number of ether oxygens (including phenoxy) is 1. The number of nitrogens with zero attached hydrogens (tertiary/aromatic N) is 3. The number of aliphatic hydroxyl groups is 1. The summed E-state index contributed by atoms with van der Waals surface area (Å²) in [6, 6.07) is 10.2. The fourth-order valence-corrected chi connectivity index (χ4v) is 3.06. The van der Waals surface area contributed by atoms with E-state index in [1.54, 1.807) is 13.4 Å². The van der Waals surface area contributed by atoms with Gasteiger partial charge in [0.15, 0.2) is 0 Å². The van der Waals surface area contributed by atoms with Gasteiger partial charge in [-0.2, -0.15) is 0 Å². The number of nitrogens with one attached hydrogen (secondary N) is 1. The number of hydrogen-bond donors (Lipinski definition) is 2. The number of rotatable bonds is 7. The molecule has 6 nitrogen and oxygen atoms in total. The smallest absolute Gasteiger partial charge is 0.134 e. The van der Waals surface area contributed by atoms with Crippen molar-refractivity contribution in [3.05, 3.63) is 42.2 Å². The van der Waals surface area contributed by atoms with Gasteiger partial charge in [-0.05, 0) is 37.0 Å². The Morgan fingerprint density at radius 2 is 2.12 bits per heavy atom. The van der Waals surface area contributed by atoms with Crippen molar-refractivity contribution in [1.82, 2.24) is 9.97 Å². The van der Waals surface area contributed by atoms with Gasteiger partial charge in [0.25, 0.3) is 0 Å². The van der Waals surface area contributed by atoms with Crippen LogP contribution in [-0.2, 0) is 6.42 Å². The van der Waals surface area contributed by atoms with E-state index in [1.165, 1.54) is 5.56 Å². The molecule has 1 atom stereocenters. The quantitative estimate of drug-likeness (QED) is 0.811. The van der Waals surface area contributed by atoms with Gasteiger partial charge in [0.1, 0.15) is 23.7 Å². The van der Waals surface area contributed by atoms with Crippen LogP contribution >= 0.6 is 0 Å². The summed E-state index contributed by atoms with van der Waals surface area (Å²) in [6.07, 6.45) is 4.60. The van der Waals surface area contributed by atoms with E-state index in [0.29, 0.717) is 0 Å². The zero-order valence-corrected chi connectivity index (χ0v) is 14.0. The van der Waals surface area contributed by atoms with Crippen LogP contribution in [0.15, 0.2) is 36.7 Å². The first-order valence-electron chi connectivity index (χ1n) is 8.36. The summed E-state index contributed by atoms with van der Waals surface area (Å²) in [5.74, 6) is 2.57. The van der Waals surface area contributed by atoms with Gasteiger partial charge >= 0.3 is 0 Å². The Morgan fingerprint density at radius 3 is 2.88 bits per heavy atom. The van der Waals surface area contributed by atoms with Crippen LogP contribution in [0.1, 0.15) is 18.4 Å². The number of aliphatic hydroxyl groups excluding tert-OH is 1. The molecule has 1 aromatic heterocycles. The lowest BCUT2D eigenvalue weighted by Gasteiger charge is -2.24. The van der Waals surface area contributed by atoms with Crippen molar-refractivity contribution in [3.8, 4) is 5.75 Å². The van der Waals surface area contributed by atoms with Crippen molar-refractivity contribution in [2.45, 2.75) is 25.3 Å². The third kappa shape index (κ3) is 3.94. The summed E-state index contributed by atoms with van der Waals surface area (Å²) in [6.45, 7) is 1.91. The maximum atomic E-state index is 9.46. The van der Waals surface area contributed by atoms with Gasteiger partial charge in [0, 0.05) is 19.2 Å². The average Bonchev–Trinajstić information content (AvgIpc) is 3.11. The molecule has 1 saturated heterocycles. The molecule has 24 heavy (non-hydrogen) atoms. The molecule has 3 rings (SSSR count). The largest absolute Gasteiger partial charge is 0.497 e. The van der Waals surface area contributed by atoms with Gasteiger partial charge in [-0.1, -0.05) is 12.1 Å². The highest BCUT2D eigenvalue weighted by molar-refractivity contribution is 5.50. The minimum atomic E-state index is 0.171. The molecule has 1 aliphatic heterocycles. The Bertz CT molecular complexity index is 648. The highest BCUT2D eigenvalue weighted by atomic mass is 16.5. The lowest BCUT2D eigenvalue weighted by Crippen LogP contribution is -2.32. The van der Waals surface area contributed by atoms with E-state index in [0.717, 1.165) is 49.7 Å². The highest BCUT2D eigenvalue weighted by Crippen LogP contribution is 2.24. The molecule has 0 unspecified atom stereocenters. The summed E-state index contributed by atoms with van der Waals surface area (Å²) in [7, 11) is 1.67. The number of aromatic nitrogens is 2. The molecular weight excluding hydrogens is 304 g/mol. The molecule has 1 aliphatic rings. The van der Waals surface area contributed by atoms with Crippen LogP contribution in [0.3, 0.4) is 0 Å². The molecule has 0 saturated carbocycles. The molecule has 6 heteroatoms. The van der Waals surface area contributed by atoms with Gasteiger partial charge < -0.3 is 20.1 Å². The lowest BCUT2D eigenvalue weighted by atomic mass is 10.1. The van der Waals surface area contributed by atoms with Crippen LogP contribution in [0.25, 0.3) is 0 Å². The average molecular weight is 328 g/mol. The van der Waals surface area contributed by atoms with Crippen molar-refractivity contribution in [1.29, 1.82) is 0 Å². The summed E-state index contributed by atoms with van der Waals surface area (Å²) >= 11 is 0. The van der Waals surface area contributed by atoms with Gasteiger partial charge in [-0.25, -0.2) is 9.97 Å². The lowest BCUT2D eigenvalue weighted by molar-refractivity contribution is 0.266. The van der Waals surface area contributed by atoms with Crippen molar-refractivity contribution in [2.75, 3.05) is 37.0 Å². The molecule has 128 valence electrons. The van der Waals surface area contributed by atoms with Crippen LogP contribution in [0.2, 0.25) is 0 Å². The predicted octanol–water partition coefficient (Wildman–Crippen LogP) is 2.10. The van der Waals surface area contributed by atoms with E-state index in [9.17, 15) is 5.11 Å². The minimum Gasteiger partial charge on any atom is -0.497 e. The van der Waals surface area contributed by atoms with Gasteiger partial charge in [0.2, 0.25) is 0 Å². The molecular formula is C18H24N4O2. The first-order valence-corrected chi connectivity index (χ1v) is 8.36. The van der Waals surface area contributed by atoms with E-state index in [2.05, 4.69) is 32.3 Å². The Kier molecular flexibility index (Phi) is 5.48. The van der Waals surface area contributed by atoms with Crippen LogP contribution in [-0.4, -0.2) is 47.9 Å². The summed E-state index contributed by atoms with van der Waals surface area (Å²) in [5.41, 5.74) is 1.25. The normalized spacial score (nSPS) is 17.1. The molecule has 1 aromatic carbocycles. The number of benzene rings is 1. The monoisotopic (exact) mass is 328 g/mol. The zero-order chi connectivity index (χ0) is 16.8. The first-order chi connectivity index (χ1) is 11.8. The highest BCUT2D eigenvalue weighted by Gasteiger charge is 2.25. The number of anilines is 2. The second-order valence-corrected chi connectivity index (χ2v) is 5.96. The van der Waals surface area contributed by atoms with Crippen molar-refractivity contribution in [2.24, 2.45) is 0 Å². The molecule has 0 amide bonds. The van der Waals surface area contributed by atoms with Crippen molar-refractivity contribution in [3.63, 3.8) is 0 Å². The van der Waals surface area contributed by atoms with Gasteiger partial charge in [0.05, 0.1) is 19.8 Å². The van der Waals surface area contributed by atoms with Gasteiger partial charge in [-0.15, -0.1) is 0 Å². The molecule has 2 N–H and O–H groups in total. The van der Waals surface area contributed by atoms with Crippen LogP contribution in [0.4, 0.5) is 11.6 Å². The maximum Gasteiger partial charge on any atom is 0.134 e. The molecule has 0 radical (unpaired) electrons. The van der Waals surface area contributed by atoms with E-state index in [-0.39, 0.29) is 12.6 Å². The second kappa shape index (κ2) is 7.97. The third-order valence-electron chi connectivity index (χ3n) is 4.41. The Morgan fingerprint density at radius 1 is 1.29 bits per heavy atom. The molecule has 2 heterocycles. The zero-order valence-electron chi connectivity index (χ0n) is 14.0. The molecule has 0 aliphatic carbocycles. The molecule has 0 spiro atoms. The second-order valence-electron chi connectivity index (χ2n) is 5.96. The summed E-state index contributed by atoms with van der Waals surface area (Å²) in [4.78, 5) is 10.8. The van der Waals surface area contributed by atoms with Crippen LogP contribution in [0.5, 0.6) is 5.75 Å². The fraction of sp³-hybridized carbons (Fsp3) is 0.444. The minimum absolute atomic E-state index is 0.171. The Hall–Kier alpha value is -2.34.